The third-order valence-electron chi connectivity index (χ3n) is 4.50. The molecule has 1 aromatic carbocycles. The quantitative estimate of drug-likeness (QED) is 0.870. The molecule has 0 aliphatic heterocycles. The Hall–Kier alpha value is -1.42. The topological polar surface area (TPSA) is 63.3 Å². The fraction of sp³-hybridized carbons (Fsp3) is 0.562. The van der Waals surface area contributed by atoms with E-state index in [1.54, 1.807) is 12.1 Å². The van der Waals surface area contributed by atoms with E-state index in [2.05, 4.69) is 0 Å². The van der Waals surface area contributed by atoms with Crippen molar-refractivity contribution in [3.63, 3.8) is 0 Å². The highest BCUT2D eigenvalue weighted by Crippen LogP contribution is 2.37. The lowest BCUT2D eigenvalue weighted by Gasteiger charge is -2.34. The van der Waals surface area contributed by atoms with Gasteiger partial charge < -0.3 is 10.8 Å². The Kier molecular flexibility index (Phi) is 4.76. The standard InChI is InChI=1S/C16H22FNO2/c17-14-8-4-7-13(9-14)16(11-18,15(19)20)10-12-5-2-1-3-6-12/h4,7-9,12H,1-3,5-6,10-11,18H2,(H,19,20). The molecule has 1 atom stereocenters. The number of carboxylic acids is 1. The Bertz CT molecular complexity index is 471. The molecule has 0 amide bonds. The van der Waals surface area contributed by atoms with Crippen molar-refractivity contribution in [1.29, 1.82) is 0 Å². The van der Waals surface area contributed by atoms with Gasteiger partial charge in [0.1, 0.15) is 11.2 Å². The summed E-state index contributed by atoms with van der Waals surface area (Å²) in [5.74, 6) is -0.993. The van der Waals surface area contributed by atoms with Crippen LogP contribution < -0.4 is 5.73 Å². The second-order valence-electron chi connectivity index (χ2n) is 5.81. The van der Waals surface area contributed by atoms with Gasteiger partial charge in [0, 0.05) is 6.54 Å². The van der Waals surface area contributed by atoms with Gasteiger partial charge in [-0.2, -0.15) is 0 Å². The van der Waals surface area contributed by atoms with E-state index in [0.29, 0.717) is 17.9 Å². The smallest absolute Gasteiger partial charge is 0.315 e. The second kappa shape index (κ2) is 6.35. The minimum Gasteiger partial charge on any atom is -0.481 e. The first-order chi connectivity index (χ1) is 9.58. The predicted molar refractivity (Wildman–Crippen MR) is 76.0 cm³/mol. The lowest BCUT2D eigenvalue weighted by atomic mass is 9.70. The van der Waals surface area contributed by atoms with Crippen LogP contribution in [0.4, 0.5) is 4.39 Å². The zero-order valence-corrected chi connectivity index (χ0v) is 11.6. The van der Waals surface area contributed by atoms with Crippen LogP contribution in [-0.2, 0) is 10.2 Å². The maximum Gasteiger partial charge on any atom is 0.315 e. The van der Waals surface area contributed by atoms with E-state index in [-0.39, 0.29) is 6.54 Å². The zero-order valence-electron chi connectivity index (χ0n) is 11.6. The summed E-state index contributed by atoms with van der Waals surface area (Å²) < 4.78 is 13.4. The van der Waals surface area contributed by atoms with Crippen molar-refractivity contribution in [3.8, 4) is 0 Å². The molecule has 3 N–H and O–H groups in total. The van der Waals surface area contributed by atoms with Crippen LogP contribution in [0.25, 0.3) is 0 Å². The molecule has 2 rings (SSSR count). The molecule has 1 aliphatic rings. The van der Waals surface area contributed by atoms with E-state index in [4.69, 9.17) is 5.73 Å². The molecule has 0 radical (unpaired) electrons. The Balaban J connectivity index is 2.31. The summed E-state index contributed by atoms with van der Waals surface area (Å²) in [6, 6.07) is 5.86. The molecule has 1 aliphatic carbocycles. The van der Waals surface area contributed by atoms with Crippen LogP contribution in [0.15, 0.2) is 24.3 Å². The van der Waals surface area contributed by atoms with E-state index in [0.717, 1.165) is 25.7 Å². The van der Waals surface area contributed by atoms with Crippen molar-refractivity contribution in [3.05, 3.63) is 35.6 Å². The predicted octanol–water partition coefficient (Wildman–Crippen LogP) is 3.08. The second-order valence-corrected chi connectivity index (χ2v) is 5.81. The molecule has 110 valence electrons. The van der Waals surface area contributed by atoms with Gasteiger partial charge in [0.25, 0.3) is 0 Å². The lowest BCUT2D eigenvalue weighted by molar-refractivity contribution is -0.144. The van der Waals surface area contributed by atoms with Crippen LogP contribution in [0.2, 0.25) is 0 Å². The molecule has 0 aromatic heterocycles. The van der Waals surface area contributed by atoms with E-state index < -0.39 is 17.2 Å². The van der Waals surface area contributed by atoms with Crippen LogP contribution in [0.3, 0.4) is 0 Å². The average Bonchev–Trinajstić information content (AvgIpc) is 2.45. The Morgan fingerprint density at radius 3 is 2.60 bits per heavy atom. The van der Waals surface area contributed by atoms with E-state index >= 15 is 0 Å². The molecule has 1 aromatic rings. The van der Waals surface area contributed by atoms with Crippen LogP contribution in [0.1, 0.15) is 44.1 Å². The van der Waals surface area contributed by atoms with Crippen molar-refractivity contribution < 1.29 is 14.3 Å². The van der Waals surface area contributed by atoms with E-state index in [1.807, 2.05) is 0 Å². The molecule has 0 saturated heterocycles. The highest BCUT2D eigenvalue weighted by molar-refractivity contribution is 5.81. The third kappa shape index (κ3) is 3.01. The first-order valence-electron chi connectivity index (χ1n) is 7.28. The summed E-state index contributed by atoms with van der Waals surface area (Å²) >= 11 is 0. The summed E-state index contributed by atoms with van der Waals surface area (Å²) in [5.41, 5.74) is 5.13. The minimum absolute atomic E-state index is 0.00227. The van der Waals surface area contributed by atoms with Gasteiger partial charge in [0.05, 0.1) is 0 Å². The van der Waals surface area contributed by atoms with Crippen molar-refractivity contribution in [2.75, 3.05) is 6.54 Å². The van der Waals surface area contributed by atoms with Crippen molar-refractivity contribution in [2.45, 2.75) is 43.9 Å². The van der Waals surface area contributed by atoms with Crippen LogP contribution in [0, 0.1) is 11.7 Å². The van der Waals surface area contributed by atoms with Gasteiger partial charge in [-0.05, 0) is 30.0 Å². The van der Waals surface area contributed by atoms with Gasteiger partial charge in [0.15, 0.2) is 0 Å². The van der Waals surface area contributed by atoms with E-state index in [1.165, 1.54) is 18.6 Å². The number of hydrogen-bond acceptors (Lipinski definition) is 2. The number of carbonyl (C=O) groups is 1. The monoisotopic (exact) mass is 279 g/mol. The zero-order chi connectivity index (χ0) is 14.6. The number of halogens is 1. The van der Waals surface area contributed by atoms with Crippen LogP contribution >= 0.6 is 0 Å². The maximum atomic E-state index is 13.4. The minimum atomic E-state index is -1.16. The van der Waals surface area contributed by atoms with Gasteiger partial charge in [0.2, 0.25) is 0 Å². The molecule has 1 unspecified atom stereocenters. The maximum absolute atomic E-state index is 13.4. The fourth-order valence-electron chi connectivity index (χ4n) is 3.29. The Morgan fingerprint density at radius 1 is 1.35 bits per heavy atom. The molecule has 4 heteroatoms. The Morgan fingerprint density at radius 2 is 2.05 bits per heavy atom. The van der Waals surface area contributed by atoms with Crippen molar-refractivity contribution in [1.82, 2.24) is 0 Å². The molecule has 0 spiro atoms. The number of benzene rings is 1. The molecule has 3 nitrogen and oxygen atoms in total. The highest BCUT2D eigenvalue weighted by atomic mass is 19.1. The molecule has 1 saturated carbocycles. The third-order valence-corrected chi connectivity index (χ3v) is 4.50. The van der Waals surface area contributed by atoms with Gasteiger partial charge in [-0.3, -0.25) is 4.79 Å². The van der Waals surface area contributed by atoms with E-state index in [9.17, 15) is 14.3 Å². The molecular weight excluding hydrogens is 257 g/mol. The van der Waals surface area contributed by atoms with Gasteiger partial charge >= 0.3 is 5.97 Å². The molecule has 1 fully saturated rings. The number of aliphatic carboxylic acids is 1. The summed E-state index contributed by atoms with van der Waals surface area (Å²) in [7, 11) is 0. The van der Waals surface area contributed by atoms with Crippen molar-refractivity contribution in [2.24, 2.45) is 11.7 Å². The summed E-state index contributed by atoms with van der Waals surface area (Å²) in [6.45, 7) is 0.00227. The first-order valence-corrected chi connectivity index (χ1v) is 7.28. The van der Waals surface area contributed by atoms with Crippen LogP contribution in [0.5, 0.6) is 0 Å². The van der Waals surface area contributed by atoms with Gasteiger partial charge in [-0.1, -0.05) is 44.2 Å². The summed E-state index contributed by atoms with van der Waals surface area (Å²) in [6.07, 6.45) is 6.11. The summed E-state index contributed by atoms with van der Waals surface area (Å²) in [5, 5.41) is 9.70. The highest BCUT2D eigenvalue weighted by Gasteiger charge is 2.41. The number of hydrogen-bond donors (Lipinski definition) is 2. The average molecular weight is 279 g/mol. The van der Waals surface area contributed by atoms with Gasteiger partial charge in [-0.25, -0.2) is 4.39 Å². The van der Waals surface area contributed by atoms with Crippen molar-refractivity contribution >= 4 is 5.97 Å². The number of nitrogens with two attached hydrogens (primary N) is 1. The number of rotatable bonds is 5. The van der Waals surface area contributed by atoms with Gasteiger partial charge in [-0.15, -0.1) is 0 Å². The normalized spacial score (nSPS) is 19.5. The SMILES string of the molecule is NCC(CC1CCCCC1)(C(=O)O)c1cccc(F)c1. The lowest BCUT2D eigenvalue weighted by Crippen LogP contribution is -2.44. The fourth-order valence-corrected chi connectivity index (χ4v) is 3.29. The molecule has 0 heterocycles. The Labute approximate surface area is 119 Å². The first kappa shape index (κ1) is 15.0. The molecular formula is C16H22FNO2. The molecule has 20 heavy (non-hydrogen) atoms. The number of carboxylic acid groups (broad SMARTS) is 1. The molecule has 0 bridgehead atoms. The largest absolute Gasteiger partial charge is 0.481 e. The van der Waals surface area contributed by atoms with Crippen LogP contribution in [-0.4, -0.2) is 17.6 Å². The summed E-state index contributed by atoms with van der Waals surface area (Å²) in [4.78, 5) is 11.8.